The second-order valence-corrected chi connectivity index (χ2v) is 9.58. The molecule has 33 heavy (non-hydrogen) atoms. The van der Waals surface area contributed by atoms with Crippen molar-refractivity contribution in [2.75, 3.05) is 25.3 Å². The van der Waals surface area contributed by atoms with Crippen LogP contribution in [0, 0.1) is 11.3 Å². The number of carbonyl (C=O) groups is 1. The van der Waals surface area contributed by atoms with Crippen LogP contribution in [0.5, 0.6) is 0 Å². The van der Waals surface area contributed by atoms with Gasteiger partial charge in [0, 0.05) is 42.9 Å². The van der Waals surface area contributed by atoms with Gasteiger partial charge in [0.1, 0.15) is 5.69 Å². The molecular weight excluding hydrogens is 457 g/mol. The molecule has 0 fully saturated rings. The largest absolute Gasteiger partial charge is 0.433 e. The van der Waals surface area contributed by atoms with Crippen molar-refractivity contribution in [3.8, 4) is 6.07 Å². The zero-order valence-electron chi connectivity index (χ0n) is 18.1. The number of likely N-dealkylation sites (N-methyl/N-ethyl adjacent to an activating group) is 1. The summed E-state index contributed by atoms with van der Waals surface area (Å²) in [6.45, 7) is 0. The van der Waals surface area contributed by atoms with Gasteiger partial charge >= 0.3 is 6.18 Å². The number of aromatic nitrogens is 1. The van der Waals surface area contributed by atoms with E-state index < -0.39 is 27.7 Å². The minimum atomic E-state index is -4.63. The molecule has 7 nitrogen and oxygen atoms in total. The number of hydrogen-bond acceptors (Lipinski definition) is 7. The third-order valence-corrected chi connectivity index (χ3v) is 6.61. The van der Waals surface area contributed by atoms with Crippen LogP contribution in [0.4, 0.5) is 18.9 Å². The van der Waals surface area contributed by atoms with Crippen LogP contribution in [0.3, 0.4) is 0 Å². The number of benzene rings is 1. The summed E-state index contributed by atoms with van der Waals surface area (Å²) >= 11 is 0. The van der Waals surface area contributed by atoms with E-state index in [2.05, 4.69) is 10.3 Å². The van der Waals surface area contributed by atoms with Crippen LogP contribution < -0.4 is 10.2 Å². The lowest BCUT2D eigenvalue weighted by Gasteiger charge is -2.27. The monoisotopic (exact) mass is 478 g/mol. The molecule has 2 aromatic rings. The number of ketones is 1. The molecule has 0 amide bonds. The molecule has 0 saturated heterocycles. The van der Waals surface area contributed by atoms with Crippen molar-refractivity contribution in [1.29, 1.82) is 5.26 Å². The van der Waals surface area contributed by atoms with Crippen LogP contribution in [0.15, 0.2) is 52.7 Å². The Bertz CT molecular complexity index is 1280. The first-order valence-electron chi connectivity index (χ1n) is 9.83. The van der Waals surface area contributed by atoms with Gasteiger partial charge in [-0.15, -0.1) is 0 Å². The second kappa shape index (κ2) is 8.96. The van der Waals surface area contributed by atoms with E-state index in [1.807, 2.05) is 6.07 Å². The number of rotatable bonds is 6. The van der Waals surface area contributed by atoms with Gasteiger partial charge in [-0.3, -0.25) is 9.78 Å². The number of anilines is 1. The van der Waals surface area contributed by atoms with Gasteiger partial charge in [-0.25, -0.2) is 8.42 Å². The highest BCUT2D eigenvalue weighted by molar-refractivity contribution is 7.90. The van der Waals surface area contributed by atoms with Gasteiger partial charge in [0.05, 0.1) is 22.6 Å². The number of alkyl halides is 3. The molecule has 0 radical (unpaired) electrons. The highest BCUT2D eigenvalue weighted by atomic mass is 32.2. The number of allylic oxidation sites excluding steroid dienone is 1. The van der Waals surface area contributed by atoms with Crippen LogP contribution in [0.2, 0.25) is 0 Å². The van der Waals surface area contributed by atoms with Crippen molar-refractivity contribution in [1.82, 2.24) is 10.3 Å². The lowest BCUT2D eigenvalue weighted by Crippen LogP contribution is -2.27. The number of nitriles is 1. The Hall–Kier alpha value is -3.23. The van der Waals surface area contributed by atoms with Crippen molar-refractivity contribution >= 4 is 21.3 Å². The molecule has 1 aromatic carbocycles. The van der Waals surface area contributed by atoms with Crippen molar-refractivity contribution < 1.29 is 26.4 Å². The minimum Gasteiger partial charge on any atom is -0.348 e. The van der Waals surface area contributed by atoms with Gasteiger partial charge in [-0.1, -0.05) is 6.07 Å². The molecule has 1 N–H and O–H groups in total. The highest BCUT2D eigenvalue weighted by Crippen LogP contribution is 2.39. The fourth-order valence-electron chi connectivity index (χ4n) is 3.90. The van der Waals surface area contributed by atoms with Gasteiger partial charge in [0.15, 0.2) is 15.6 Å². The summed E-state index contributed by atoms with van der Waals surface area (Å²) in [4.78, 5) is 17.6. The number of nitrogens with zero attached hydrogens (tertiary/aromatic N) is 3. The Labute approximate surface area is 189 Å². The summed E-state index contributed by atoms with van der Waals surface area (Å²) in [5.74, 6) is -0.245. The number of Topliss-reactive ketones (excluding diaryl/α,β-unsaturated/α-hetero) is 1. The Morgan fingerprint density at radius 2 is 1.91 bits per heavy atom. The fraction of sp³-hybridized carbons (Fsp3) is 0.318. The summed E-state index contributed by atoms with van der Waals surface area (Å²) in [5.41, 5.74) is 0.297. The van der Waals surface area contributed by atoms with Gasteiger partial charge in [-0.05, 0) is 43.3 Å². The number of sulfone groups is 1. The standard InChI is InChI=1S/C22H21F3N4O3S/c1-27-21(15-5-4-13(12-26)10-18(15)33(3,31)32)20-16(6-7-17(20)30)29(2)14-8-9-28-19(11-14)22(23,24)25/h4-5,8-11,21,27H,6-7H2,1-3H3. The average molecular weight is 478 g/mol. The molecule has 0 saturated carbocycles. The molecule has 3 rings (SSSR count). The highest BCUT2D eigenvalue weighted by Gasteiger charge is 2.36. The first kappa shape index (κ1) is 24.4. The smallest absolute Gasteiger partial charge is 0.348 e. The molecule has 1 unspecified atom stereocenters. The molecule has 1 aliphatic carbocycles. The predicted octanol–water partition coefficient (Wildman–Crippen LogP) is 3.39. The van der Waals surface area contributed by atoms with Gasteiger partial charge in [0.2, 0.25) is 0 Å². The molecule has 0 aliphatic heterocycles. The van der Waals surface area contributed by atoms with Crippen LogP contribution in [-0.4, -0.2) is 39.5 Å². The molecule has 174 valence electrons. The van der Waals surface area contributed by atoms with E-state index in [1.54, 1.807) is 14.1 Å². The SMILES string of the molecule is CNC(C1=C(N(C)c2ccnc(C(F)(F)F)c2)CCC1=O)c1ccc(C#N)cc1S(C)(=O)=O. The summed E-state index contributed by atoms with van der Waals surface area (Å²) in [6.07, 6.45) is -2.16. The van der Waals surface area contributed by atoms with Crippen LogP contribution in [0.1, 0.15) is 35.7 Å². The third kappa shape index (κ3) is 4.91. The van der Waals surface area contributed by atoms with E-state index in [4.69, 9.17) is 0 Å². The lowest BCUT2D eigenvalue weighted by atomic mass is 9.95. The number of halogens is 3. The zero-order chi connectivity index (χ0) is 24.6. The molecular formula is C22H21F3N4O3S. The molecule has 0 spiro atoms. The molecule has 1 atom stereocenters. The van der Waals surface area contributed by atoms with Gasteiger partial charge < -0.3 is 10.2 Å². The lowest BCUT2D eigenvalue weighted by molar-refractivity contribution is -0.141. The van der Waals surface area contributed by atoms with E-state index in [1.165, 1.54) is 29.2 Å². The van der Waals surface area contributed by atoms with Gasteiger partial charge in [0.25, 0.3) is 0 Å². The zero-order valence-corrected chi connectivity index (χ0v) is 18.9. The maximum absolute atomic E-state index is 13.1. The summed E-state index contributed by atoms with van der Waals surface area (Å²) in [5, 5.41) is 12.1. The summed E-state index contributed by atoms with van der Waals surface area (Å²) in [7, 11) is -0.649. The van der Waals surface area contributed by atoms with E-state index >= 15 is 0 Å². The number of hydrogen-bond donors (Lipinski definition) is 1. The number of nitrogens with one attached hydrogen (secondary N) is 1. The van der Waals surface area contributed by atoms with E-state index in [0.717, 1.165) is 18.5 Å². The molecule has 1 heterocycles. The number of carbonyl (C=O) groups excluding carboxylic acids is 1. The van der Waals surface area contributed by atoms with E-state index in [9.17, 15) is 31.6 Å². The first-order valence-corrected chi connectivity index (χ1v) is 11.7. The van der Waals surface area contributed by atoms with Crippen LogP contribution >= 0.6 is 0 Å². The summed E-state index contributed by atoms with van der Waals surface area (Å²) in [6, 6.07) is 7.52. The maximum Gasteiger partial charge on any atom is 0.433 e. The molecule has 0 bridgehead atoms. The van der Waals surface area contributed by atoms with Crippen LogP contribution in [-0.2, 0) is 20.8 Å². The predicted molar refractivity (Wildman–Crippen MR) is 115 cm³/mol. The Morgan fingerprint density at radius 3 is 2.48 bits per heavy atom. The molecule has 1 aromatic heterocycles. The van der Waals surface area contributed by atoms with Crippen molar-refractivity contribution in [3.05, 3.63) is 64.6 Å². The quantitative estimate of drug-likeness (QED) is 0.679. The average Bonchev–Trinajstić information content (AvgIpc) is 3.14. The van der Waals surface area contributed by atoms with E-state index in [0.29, 0.717) is 5.70 Å². The maximum atomic E-state index is 13.1. The topological polar surface area (TPSA) is 103 Å². The number of pyridine rings is 1. The summed E-state index contributed by atoms with van der Waals surface area (Å²) < 4.78 is 64.3. The normalized spacial score (nSPS) is 15.5. The van der Waals surface area contributed by atoms with Crippen molar-refractivity contribution in [2.24, 2.45) is 0 Å². The van der Waals surface area contributed by atoms with E-state index in [-0.39, 0.29) is 45.9 Å². The van der Waals surface area contributed by atoms with Crippen LogP contribution in [0.25, 0.3) is 0 Å². The Balaban J connectivity index is 2.17. The first-order chi connectivity index (χ1) is 15.4. The Morgan fingerprint density at radius 1 is 1.21 bits per heavy atom. The van der Waals surface area contributed by atoms with Crippen molar-refractivity contribution in [2.45, 2.75) is 30.0 Å². The van der Waals surface area contributed by atoms with Gasteiger partial charge in [-0.2, -0.15) is 18.4 Å². The Kier molecular flexibility index (Phi) is 6.63. The minimum absolute atomic E-state index is 0.0987. The molecule has 11 heteroatoms. The third-order valence-electron chi connectivity index (χ3n) is 5.46. The molecule has 1 aliphatic rings. The van der Waals surface area contributed by atoms with Crippen molar-refractivity contribution in [3.63, 3.8) is 0 Å². The fourth-order valence-corrected chi connectivity index (χ4v) is 4.85. The second-order valence-electron chi connectivity index (χ2n) is 7.60.